The first kappa shape index (κ1) is 22.0. The molecule has 30 heavy (non-hydrogen) atoms. The van der Waals surface area contributed by atoms with Crippen molar-refractivity contribution in [2.45, 2.75) is 33.1 Å². The maximum absolute atomic E-state index is 12.5. The Kier molecular flexibility index (Phi) is 7.23. The number of hydrazone groups is 1. The Balaban J connectivity index is 1.71. The summed E-state index contributed by atoms with van der Waals surface area (Å²) in [6, 6.07) is 6.82. The molecule has 1 aliphatic rings. The van der Waals surface area contributed by atoms with Gasteiger partial charge in [0.2, 0.25) is 0 Å². The summed E-state index contributed by atoms with van der Waals surface area (Å²) in [5.74, 6) is -1.82. The quantitative estimate of drug-likeness (QED) is 0.315. The van der Waals surface area contributed by atoms with Crippen LogP contribution in [-0.4, -0.2) is 30.6 Å². The molecule has 2 N–H and O–H groups in total. The molecule has 0 spiro atoms. The smallest absolute Gasteiger partial charge is 0.341 e. The highest BCUT2D eigenvalue weighted by atomic mass is 35.5. The van der Waals surface area contributed by atoms with Crippen LogP contribution in [0.1, 0.15) is 46.6 Å². The highest BCUT2D eigenvalue weighted by Gasteiger charge is 2.30. The Hall–Kier alpha value is -2.71. The first-order chi connectivity index (χ1) is 14.4. The SMILES string of the molecule is CCOC(=O)c1c(NC(=O)C(=O)NN=Cc2ccc(Cl)cc2)sc2c1CCC(C)C2. The van der Waals surface area contributed by atoms with Gasteiger partial charge in [-0.2, -0.15) is 5.10 Å². The number of anilines is 1. The minimum atomic E-state index is -0.935. The number of ether oxygens (including phenoxy) is 1. The molecule has 0 bridgehead atoms. The third-order valence-corrected chi connectivity index (χ3v) is 6.10. The van der Waals surface area contributed by atoms with Crippen LogP contribution >= 0.6 is 22.9 Å². The van der Waals surface area contributed by atoms with Crippen LogP contribution in [0.2, 0.25) is 5.02 Å². The van der Waals surface area contributed by atoms with Crippen molar-refractivity contribution in [1.29, 1.82) is 0 Å². The van der Waals surface area contributed by atoms with Gasteiger partial charge in [-0.05, 0) is 55.4 Å². The number of thiophene rings is 1. The number of carbonyl (C=O) groups is 3. The van der Waals surface area contributed by atoms with E-state index in [1.54, 1.807) is 31.2 Å². The molecule has 7 nitrogen and oxygen atoms in total. The van der Waals surface area contributed by atoms with Crippen LogP contribution in [0.4, 0.5) is 5.00 Å². The van der Waals surface area contributed by atoms with E-state index in [0.717, 1.165) is 29.7 Å². The Labute approximate surface area is 183 Å². The van der Waals surface area contributed by atoms with Crippen LogP contribution in [0, 0.1) is 5.92 Å². The van der Waals surface area contributed by atoms with Crippen molar-refractivity contribution >= 4 is 51.9 Å². The fraction of sp³-hybridized carbons (Fsp3) is 0.333. The second-order valence-electron chi connectivity index (χ2n) is 6.98. The van der Waals surface area contributed by atoms with Crippen LogP contribution < -0.4 is 10.7 Å². The molecule has 0 aliphatic heterocycles. The van der Waals surface area contributed by atoms with Crippen LogP contribution in [0.15, 0.2) is 29.4 Å². The number of amides is 2. The van der Waals surface area contributed by atoms with Crippen LogP contribution in [-0.2, 0) is 27.2 Å². The topological polar surface area (TPSA) is 96.9 Å². The number of rotatable bonds is 5. The molecule has 1 aromatic heterocycles. The number of halogens is 1. The van der Waals surface area contributed by atoms with E-state index in [2.05, 4.69) is 22.8 Å². The maximum atomic E-state index is 12.5. The Morgan fingerprint density at radius 1 is 1.27 bits per heavy atom. The summed E-state index contributed by atoms with van der Waals surface area (Å²) in [6.07, 6.45) is 3.94. The number of nitrogens with zero attached hydrogens (tertiary/aromatic N) is 1. The molecule has 2 amide bonds. The molecule has 0 saturated heterocycles. The molecule has 0 saturated carbocycles. The molecule has 1 heterocycles. The normalized spacial score (nSPS) is 15.5. The van der Waals surface area contributed by atoms with Crippen molar-refractivity contribution in [2.75, 3.05) is 11.9 Å². The molecular formula is C21H22ClN3O4S. The lowest BCUT2D eigenvalue weighted by Crippen LogP contribution is -2.32. The Morgan fingerprint density at radius 2 is 2.00 bits per heavy atom. The van der Waals surface area contributed by atoms with Gasteiger partial charge in [-0.25, -0.2) is 10.2 Å². The van der Waals surface area contributed by atoms with E-state index in [9.17, 15) is 14.4 Å². The zero-order chi connectivity index (χ0) is 21.7. The van der Waals surface area contributed by atoms with E-state index in [1.165, 1.54) is 17.6 Å². The second kappa shape index (κ2) is 9.86. The van der Waals surface area contributed by atoms with Crippen molar-refractivity contribution in [1.82, 2.24) is 5.43 Å². The number of esters is 1. The predicted molar refractivity (Wildman–Crippen MR) is 117 cm³/mol. The van der Waals surface area contributed by atoms with E-state index in [1.807, 2.05) is 0 Å². The number of benzene rings is 1. The standard InChI is InChI=1S/C21H22ClN3O4S/c1-3-29-21(28)17-15-9-4-12(2)10-16(15)30-20(17)24-18(26)19(27)25-23-11-13-5-7-14(22)8-6-13/h5-8,11-12H,3-4,9-10H2,1-2H3,(H,24,26)(H,25,27). The second-order valence-corrected chi connectivity index (χ2v) is 8.52. The van der Waals surface area contributed by atoms with Crippen molar-refractivity contribution in [3.05, 3.63) is 50.9 Å². The zero-order valence-corrected chi connectivity index (χ0v) is 18.2. The molecule has 1 atom stereocenters. The molecule has 0 radical (unpaired) electrons. The molecule has 2 aromatic rings. The summed E-state index contributed by atoms with van der Waals surface area (Å²) in [5, 5.41) is 7.26. The molecule has 1 unspecified atom stereocenters. The number of carbonyl (C=O) groups excluding carboxylic acids is 3. The van der Waals surface area contributed by atoms with E-state index < -0.39 is 17.8 Å². The molecule has 3 rings (SSSR count). The summed E-state index contributed by atoms with van der Waals surface area (Å²) in [5.41, 5.74) is 4.16. The molecule has 0 fully saturated rings. The molecule has 1 aliphatic carbocycles. The molecular weight excluding hydrogens is 426 g/mol. The van der Waals surface area contributed by atoms with E-state index in [4.69, 9.17) is 16.3 Å². The number of nitrogens with one attached hydrogen (secondary N) is 2. The number of hydrogen-bond acceptors (Lipinski definition) is 6. The minimum absolute atomic E-state index is 0.229. The highest BCUT2D eigenvalue weighted by molar-refractivity contribution is 7.17. The van der Waals surface area contributed by atoms with Gasteiger partial charge < -0.3 is 10.1 Å². The molecule has 158 valence electrons. The van der Waals surface area contributed by atoms with Gasteiger partial charge in [0, 0.05) is 9.90 Å². The fourth-order valence-electron chi connectivity index (χ4n) is 3.18. The molecule has 9 heteroatoms. The third kappa shape index (κ3) is 5.25. The largest absolute Gasteiger partial charge is 0.462 e. The van der Waals surface area contributed by atoms with Crippen LogP contribution in [0.5, 0.6) is 0 Å². The van der Waals surface area contributed by atoms with Gasteiger partial charge in [-0.15, -0.1) is 11.3 Å². The fourth-order valence-corrected chi connectivity index (χ4v) is 4.70. The van der Waals surface area contributed by atoms with E-state index >= 15 is 0 Å². The minimum Gasteiger partial charge on any atom is -0.462 e. The Morgan fingerprint density at radius 3 is 2.70 bits per heavy atom. The molecule has 1 aromatic carbocycles. The number of hydrogen-bond donors (Lipinski definition) is 2. The van der Waals surface area contributed by atoms with E-state index in [0.29, 0.717) is 27.1 Å². The maximum Gasteiger partial charge on any atom is 0.341 e. The summed E-state index contributed by atoms with van der Waals surface area (Å²) in [4.78, 5) is 38.0. The summed E-state index contributed by atoms with van der Waals surface area (Å²) < 4.78 is 5.17. The van der Waals surface area contributed by atoms with Crippen molar-refractivity contribution < 1.29 is 19.1 Å². The van der Waals surface area contributed by atoms with Gasteiger partial charge in [0.25, 0.3) is 0 Å². The van der Waals surface area contributed by atoms with Gasteiger partial charge in [0.05, 0.1) is 18.4 Å². The Bertz CT molecular complexity index is 985. The average molecular weight is 448 g/mol. The average Bonchev–Trinajstić information content (AvgIpc) is 3.06. The van der Waals surface area contributed by atoms with Crippen molar-refractivity contribution in [2.24, 2.45) is 11.0 Å². The van der Waals surface area contributed by atoms with E-state index in [-0.39, 0.29) is 6.61 Å². The third-order valence-electron chi connectivity index (χ3n) is 4.67. The van der Waals surface area contributed by atoms with Gasteiger partial charge in [0.1, 0.15) is 5.00 Å². The first-order valence-corrected chi connectivity index (χ1v) is 10.8. The van der Waals surface area contributed by atoms with Crippen molar-refractivity contribution in [3.63, 3.8) is 0 Å². The lowest BCUT2D eigenvalue weighted by atomic mass is 9.88. The summed E-state index contributed by atoms with van der Waals surface area (Å²) >= 11 is 7.14. The van der Waals surface area contributed by atoms with Gasteiger partial charge in [-0.3, -0.25) is 9.59 Å². The number of fused-ring (bicyclic) bond motifs is 1. The van der Waals surface area contributed by atoms with Crippen LogP contribution in [0.25, 0.3) is 0 Å². The van der Waals surface area contributed by atoms with Gasteiger partial charge in [0.15, 0.2) is 0 Å². The summed E-state index contributed by atoms with van der Waals surface area (Å²) in [6.45, 7) is 4.10. The summed E-state index contributed by atoms with van der Waals surface area (Å²) in [7, 11) is 0. The van der Waals surface area contributed by atoms with Crippen LogP contribution in [0.3, 0.4) is 0 Å². The first-order valence-electron chi connectivity index (χ1n) is 9.60. The lowest BCUT2D eigenvalue weighted by molar-refractivity contribution is -0.136. The van der Waals surface area contributed by atoms with Gasteiger partial charge in [-0.1, -0.05) is 30.7 Å². The van der Waals surface area contributed by atoms with Crippen molar-refractivity contribution in [3.8, 4) is 0 Å². The predicted octanol–water partition coefficient (Wildman–Crippen LogP) is 3.79. The van der Waals surface area contributed by atoms with Gasteiger partial charge >= 0.3 is 17.8 Å². The highest BCUT2D eigenvalue weighted by Crippen LogP contribution is 2.40. The lowest BCUT2D eigenvalue weighted by Gasteiger charge is -2.18. The zero-order valence-electron chi connectivity index (χ0n) is 16.7. The monoisotopic (exact) mass is 447 g/mol.